The molecule has 2 aliphatic rings. The van der Waals surface area contributed by atoms with Gasteiger partial charge in [-0.05, 0) is 25.7 Å². The van der Waals surface area contributed by atoms with Gasteiger partial charge in [-0.15, -0.1) is 24.8 Å². The molecule has 0 saturated carbocycles. The van der Waals surface area contributed by atoms with Gasteiger partial charge in [0.05, 0.1) is 17.6 Å². The number of piperidine rings is 1. The molecule has 7 nitrogen and oxygen atoms in total. The molecule has 1 unspecified atom stereocenters. The van der Waals surface area contributed by atoms with E-state index >= 15 is 0 Å². The Labute approximate surface area is 146 Å². The lowest BCUT2D eigenvalue weighted by Crippen LogP contribution is -2.43. The number of aromatic amines is 1. The predicted molar refractivity (Wildman–Crippen MR) is 93.5 cm³/mol. The predicted octanol–water partition coefficient (Wildman–Crippen LogP) is 1.60. The summed E-state index contributed by atoms with van der Waals surface area (Å²) < 4.78 is 0. The van der Waals surface area contributed by atoms with Crippen LogP contribution < -0.4 is 16.4 Å². The quantitative estimate of drug-likeness (QED) is 0.666. The van der Waals surface area contributed by atoms with E-state index < -0.39 is 5.91 Å². The van der Waals surface area contributed by atoms with E-state index in [9.17, 15) is 4.79 Å². The van der Waals surface area contributed by atoms with E-state index in [2.05, 4.69) is 25.6 Å². The van der Waals surface area contributed by atoms with Crippen molar-refractivity contribution in [2.75, 3.05) is 5.32 Å². The highest BCUT2D eigenvalue weighted by molar-refractivity contribution is 6.04. The smallest absolute Gasteiger partial charge is 0.252 e. The summed E-state index contributed by atoms with van der Waals surface area (Å²) in [5.74, 6) is -0.474. The number of imidazole rings is 1. The number of nitrogens with zero attached hydrogens (tertiary/aromatic N) is 2. The Kier molecular flexibility index (Phi) is 5.33. The second-order valence-electron chi connectivity index (χ2n) is 5.96. The minimum atomic E-state index is -0.474. The second kappa shape index (κ2) is 6.90. The number of H-pyrrole nitrogens is 1. The molecular formula is C14H20Cl2N6O. The summed E-state index contributed by atoms with van der Waals surface area (Å²) in [6.45, 7) is 0. The fourth-order valence-electron chi connectivity index (χ4n) is 3.61. The van der Waals surface area contributed by atoms with Crippen molar-refractivity contribution >= 4 is 47.6 Å². The molecule has 2 aromatic rings. The molecule has 2 bridgehead atoms. The van der Waals surface area contributed by atoms with Crippen molar-refractivity contribution in [3.05, 3.63) is 18.1 Å². The van der Waals surface area contributed by atoms with Crippen LogP contribution in [0.3, 0.4) is 0 Å². The van der Waals surface area contributed by atoms with Gasteiger partial charge in [-0.1, -0.05) is 0 Å². The summed E-state index contributed by atoms with van der Waals surface area (Å²) in [6.07, 6.45) is 7.69. The summed E-state index contributed by atoms with van der Waals surface area (Å²) >= 11 is 0. The Morgan fingerprint density at radius 1 is 1.22 bits per heavy atom. The zero-order valence-electron chi connectivity index (χ0n) is 12.4. The third kappa shape index (κ3) is 3.22. The number of hydrogen-bond donors (Lipinski definition) is 4. The molecule has 2 aromatic heterocycles. The van der Waals surface area contributed by atoms with Crippen molar-refractivity contribution in [1.82, 2.24) is 20.3 Å². The van der Waals surface area contributed by atoms with E-state index in [-0.39, 0.29) is 24.8 Å². The second-order valence-corrected chi connectivity index (χ2v) is 5.96. The van der Waals surface area contributed by atoms with Gasteiger partial charge in [-0.2, -0.15) is 0 Å². The van der Waals surface area contributed by atoms with E-state index in [1.165, 1.54) is 19.0 Å². The van der Waals surface area contributed by atoms with E-state index in [0.29, 0.717) is 29.3 Å². The molecule has 2 fully saturated rings. The van der Waals surface area contributed by atoms with Crippen molar-refractivity contribution < 1.29 is 4.79 Å². The van der Waals surface area contributed by atoms with Gasteiger partial charge in [0.1, 0.15) is 5.52 Å². The Bertz CT molecular complexity index is 694. The molecule has 2 saturated heterocycles. The monoisotopic (exact) mass is 358 g/mol. The number of hydrogen-bond acceptors (Lipinski definition) is 5. The summed E-state index contributed by atoms with van der Waals surface area (Å²) in [7, 11) is 0. The number of aromatic nitrogens is 3. The molecule has 126 valence electrons. The minimum Gasteiger partial charge on any atom is -0.380 e. The zero-order chi connectivity index (χ0) is 14.4. The van der Waals surface area contributed by atoms with Crippen molar-refractivity contribution in [3.8, 4) is 0 Å². The maximum atomic E-state index is 11.7. The van der Waals surface area contributed by atoms with Gasteiger partial charge in [0.25, 0.3) is 5.91 Å². The van der Waals surface area contributed by atoms with Crippen LogP contribution in [0.15, 0.2) is 12.5 Å². The molecule has 0 spiro atoms. The first-order valence-electron chi connectivity index (χ1n) is 7.35. The molecule has 23 heavy (non-hydrogen) atoms. The van der Waals surface area contributed by atoms with Crippen molar-refractivity contribution in [2.24, 2.45) is 5.73 Å². The van der Waals surface area contributed by atoms with Crippen LogP contribution in [0.25, 0.3) is 11.2 Å². The van der Waals surface area contributed by atoms with Crippen LogP contribution >= 0.6 is 24.8 Å². The molecule has 0 aliphatic carbocycles. The third-order valence-electron chi connectivity index (χ3n) is 4.54. The number of primary amides is 1. The van der Waals surface area contributed by atoms with Gasteiger partial charge in [-0.3, -0.25) is 4.79 Å². The molecule has 9 heteroatoms. The average molecular weight is 359 g/mol. The number of nitrogens with two attached hydrogens (primary N) is 1. The van der Waals surface area contributed by atoms with E-state index in [1.807, 2.05) is 0 Å². The highest BCUT2D eigenvalue weighted by Gasteiger charge is 2.34. The number of amides is 1. The number of nitrogens with one attached hydrogen (secondary N) is 3. The van der Waals surface area contributed by atoms with Crippen LogP contribution in [0.2, 0.25) is 0 Å². The molecular weight excluding hydrogens is 339 g/mol. The Balaban J connectivity index is 0.000000960. The molecule has 1 amide bonds. The number of pyridine rings is 1. The fraction of sp³-hybridized carbons (Fsp3) is 0.500. The van der Waals surface area contributed by atoms with E-state index in [0.717, 1.165) is 24.0 Å². The first kappa shape index (κ1) is 17.8. The number of fused-ring (bicyclic) bond motifs is 3. The van der Waals surface area contributed by atoms with Gasteiger partial charge in [0.2, 0.25) is 0 Å². The van der Waals surface area contributed by atoms with E-state index in [1.54, 1.807) is 6.33 Å². The molecule has 4 rings (SSSR count). The fourth-order valence-corrected chi connectivity index (χ4v) is 3.61. The zero-order valence-corrected chi connectivity index (χ0v) is 14.0. The van der Waals surface area contributed by atoms with Crippen LogP contribution in [-0.4, -0.2) is 39.0 Å². The van der Waals surface area contributed by atoms with E-state index in [4.69, 9.17) is 5.73 Å². The van der Waals surface area contributed by atoms with Crippen LogP contribution in [0.4, 0.5) is 5.69 Å². The topological polar surface area (TPSA) is 109 Å². The lowest BCUT2D eigenvalue weighted by Gasteiger charge is -2.30. The maximum Gasteiger partial charge on any atom is 0.252 e. The molecule has 3 atom stereocenters. The van der Waals surface area contributed by atoms with Crippen LogP contribution in [0, 0.1) is 0 Å². The highest BCUT2D eigenvalue weighted by Crippen LogP contribution is 2.31. The normalized spacial score (nSPS) is 25.5. The largest absolute Gasteiger partial charge is 0.380 e. The summed E-state index contributed by atoms with van der Waals surface area (Å²) in [4.78, 5) is 23.0. The first-order chi connectivity index (χ1) is 10.2. The molecule has 0 radical (unpaired) electrons. The summed E-state index contributed by atoms with van der Waals surface area (Å²) in [5.41, 5.74) is 7.97. The SMILES string of the molecule is Cl.Cl.NC(=O)c1cnc2nc[nH]c2c1NC1C[C@H]2CC[C@@H](C1)N2. The van der Waals surface area contributed by atoms with Gasteiger partial charge in [0.15, 0.2) is 5.65 Å². The lowest BCUT2D eigenvalue weighted by molar-refractivity contribution is 0.100. The first-order valence-corrected chi connectivity index (χ1v) is 7.35. The van der Waals surface area contributed by atoms with Gasteiger partial charge >= 0.3 is 0 Å². The lowest BCUT2D eigenvalue weighted by atomic mass is 9.99. The highest BCUT2D eigenvalue weighted by atomic mass is 35.5. The van der Waals surface area contributed by atoms with Crippen LogP contribution in [0.5, 0.6) is 0 Å². The third-order valence-corrected chi connectivity index (χ3v) is 4.54. The number of rotatable bonds is 3. The minimum absolute atomic E-state index is 0. The summed E-state index contributed by atoms with van der Waals surface area (Å²) in [5, 5.41) is 7.12. The Morgan fingerprint density at radius 3 is 2.57 bits per heavy atom. The number of halogens is 2. The standard InChI is InChI=1S/C14H18N6O.2ClH/c15-13(21)10-5-16-14-12(17-6-18-14)11(10)20-9-3-7-1-2-8(4-9)19-7;;/h5-9,19H,1-4H2,(H2,15,21)(H2,16,17,18,20);2*1H/t7-,8+,9?;;. The van der Waals surface area contributed by atoms with Crippen LogP contribution in [-0.2, 0) is 0 Å². The summed E-state index contributed by atoms with van der Waals surface area (Å²) in [6, 6.07) is 1.51. The average Bonchev–Trinajstić information content (AvgIpc) is 3.05. The number of carbonyl (C=O) groups is 1. The van der Waals surface area contributed by atoms with Gasteiger partial charge < -0.3 is 21.4 Å². The van der Waals surface area contributed by atoms with Crippen molar-refractivity contribution in [2.45, 2.75) is 43.8 Å². The molecule has 2 aliphatic heterocycles. The van der Waals surface area contributed by atoms with Crippen LogP contribution in [0.1, 0.15) is 36.0 Å². The van der Waals surface area contributed by atoms with Gasteiger partial charge in [-0.25, -0.2) is 9.97 Å². The number of carbonyl (C=O) groups excluding carboxylic acids is 1. The Hall–Kier alpha value is -1.57. The molecule has 0 aromatic carbocycles. The molecule has 4 heterocycles. The number of anilines is 1. The molecule has 5 N–H and O–H groups in total. The van der Waals surface area contributed by atoms with Crippen molar-refractivity contribution in [1.29, 1.82) is 0 Å². The Morgan fingerprint density at radius 2 is 1.91 bits per heavy atom. The van der Waals surface area contributed by atoms with Gasteiger partial charge in [0, 0.05) is 24.3 Å². The van der Waals surface area contributed by atoms with Crippen molar-refractivity contribution in [3.63, 3.8) is 0 Å². The maximum absolute atomic E-state index is 11.7.